The number of nitrogens with zero attached hydrogens (tertiary/aromatic N) is 2. The maximum atomic E-state index is 10.1. The molecule has 0 radical (unpaired) electrons. The minimum absolute atomic E-state index is 0.0911. The van der Waals surface area contributed by atoms with Crippen molar-refractivity contribution in [2.45, 2.75) is 43.4 Å². The molecule has 98 valence electrons. The SMILES string of the molecule is O[C@H]1[C@H](NCC2CC2)[C@@H](c2cncnc2)C[C@H]1O. The zero-order valence-corrected chi connectivity index (χ0v) is 10.2. The highest BCUT2D eigenvalue weighted by molar-refractivity contribution is 5.19. The van der Waals surface area contributed by atoms with Crippen LogP contribution in [-0.2, 0) is 0 Å². The summed E-state index contributed by atoms with van der Waals surface area (Å²) in [4.78, 5) is 8.04. The minimum atomic E-state index is -0.700. The van der Waals surface area contributed by atoms with E-state index < -0.39 is 12.2 Å². The van der Waals surface area contributed by atoms with Crippen molar-refractivity contribution in [3.8, 4) is 0 Å². The van der Waals surface area contributed by atoms with E-state index in [-0.39, 0.29) is 12.0 Å². The van der Waals surface area contributed by atoms with Gasteiger partial charge in [0.1, 0.15) is 6.33 Å². The second-order valence-corrected chi connectivity index (χ2v) is 5.45. The Balaban J connectivity index is 1.73. The van der Waals surface area contributed by atoms with Gasteiger partial charge < -0.3 is 15.5 Å². The molecule has 1 aromatic heterocycles. The largest absolute Gasteiger partial charge is 0.390 e. The molecule has 1 aromatic rings. The number of nitrogens with one attached hydrogen (secondary N) is 1. The second kappa shape index (κ2) is 4.91. The number of aliphatic hydroxyl groups is 2. The first-order valence-electron chi connectivity index (χ1n) is 6.60. The summed E-state index contributed by atoms with van der Waals surface area (Å²) in [6, 6.07) is -0.0911. The van der Waals surface area contributed by atoms with E-state index in [1.807, 2.05) is 0 Å². The molecule has 2 aliphatic carbocycles. The lowest BCUT2D eigenvalue weighted by Crippen LogP contribution is -2.43. The Morgan fingerprint density at radius 3 is 2.61 bits per heavy atom. The first-order valence-corrected chi connectivity index (χ1v) is 6.60. The minimum Gasteiger partial charge on any atom is -0.390 e. The van der Waals surface area contributed by atoms with Crippen molar-refractivity contribution in [1.82, 2.24) is 15.3 Å². The van der Waals surface area contributed by atoms with Gasteiger partial charge in [0.15, 0.2) is 0 Å². The van der Waals surface area contributed by atoms with Crippen molar-refractivity contribution < 1.29 is 10.2 Å². The number of aromatic nitrogens is 2. The van der Waals surface area contributed by atoms with Gasteiger partial charge in [0.05, 0.1) is 12.2 Å². The van der Waals surface area contributed by atoms with E-state index in [1.165, 1.54) is 19.2 Å². The summed E-state index contributed by atoms with van der Waals surface area (Å²) in [6.07, 6.45) is 6.80. The van der Waals surface area contributed by atoms with Gasteiger partial charge in [0.2, 0.25) is 0 Å². The van der Waals surface area contributed by atoms with E-state index in [2.05, 4.69) is 15.3 Å². The Morgan fingerprint density at radius 2 is 1.94 bits per heavy atom. The standard InChI is InChI=1S/C13H19N3O2/c17-11-3-10(9-5-14-7-15-6-9)12(13(11)18)16-4-8-1-2-8/h5-8,10-13,16-18H,1-4H2/t10-,11-,12-,13-/m1/s1. The van der Waals surface area contributed by atoms with Crippen LogP contribution in [0.4, 0.5) is 0 Å². The van der Waals surface area contributed by atoms with E-state index in [4.69, 9.17) is 0 Å². The maximum Gasteiger partial charge on any atom is 0.115 e. The van der Waals surface area contributed by atoms with Crippen LogP contribution in [0.1, 0.15) is 30.7 Å². The molecule has 5 nitrogen and oxygen atoms in total. The van der Waals surface area contributed by atoms with Crippen molar-refractivity contribution in [3.63, 3.8) is 0 Å². The Hall–Kier alpha value is -1.04. The monoisotopic (exact) mass is 249 g/mol. The molecule has 18 heavy (non-hydrogen) atoms. The van der Waals surface area contributed by atoms with Crippen molar-refractivity contribution >= 4 is 0 Å². The zero-order chi connectivity index (χ0) is 12.5. The highest BCUT2D eigenvalue weighted by Gasteiger charge is 2.42. The fourth-order valence-electron chi connectivity index (χ4n) is 2.76. The fraction of sp³-hybridized carbons (Fsp3) is 0.692. The van der Waals surface area contributed by atoms with Crippen LogP contribution in [-0.4, -0.2) is 45.0 Å². The van der Waals surface area contributed by atoms with Crippen LogP contribution in [0.5, 0.6) is 0 Å². The topological polar surface area (TPSA) is 78.3 Å². The van der Waals surface area contributed by atoms with Crippen molar-refractivity contribution in [2.24, 2.45) is 5.92 Å². The summed E-state index contributed by atoms with van der Waals surface area (Å²) < 4.78 is 0. The van der Waals surface area contributed by atoms with E-state index in [0.29, 0.717) is 6.42 Å². The number of hydrogen-bond acceptors (Lipinski definition) is 5. The maximum absolute atomic E-state index is 10.1. The first kappa shape index (κ1) is 12.0. The Labute approximate surface area is 106 Å². The summed E-state index contributed by atoms with van der Waals surface area (Å²) in [7, 11) is 0. The molecule has 0 spiro atoms. The van der Waals surface area contributed by atoms with E-state index in [0.717, 1.165) is 18.0 Å². The summed E-state index contributed by atoms with van der Waals surface area (Å²) in [5.74, 6) is 0.845. The van der Waals surface area contributed by atoms with Crippen LogP contribution in [0, 0.1) is 5.92 Å². The van der Waals surface area contributed by atoms with Crippen LogP contribution in [0.3, 0.4) is 0 Å². The molecule has 2 aliphatic rings. The molecule has 2 saturated carbocycles. The molecule has 0 bridgehead atoms. The fourth-order valence-corrected chi connectivity index (χ4v) is 2.76. The van der Waals surface area contributed by atoms with Crippen molar-refractivity contribution in [2.75, 3.05) is 6.54 Å². The van der Waals surface area contributed by atoms with Crippen LogP contribution >= 0.6 is 0 Å². The lowest BCUT2D eigenvalue weighted by atomic mass is 9.96. The van der Waals surface area contributed by atoms with Gasteiger partial charge in [-0.15, -0.1) is 0 Å². The predicted molar refractivity (Wildman–Crippen MR) is 65.9 cm³/mol. The Kier molecular flexibility index (Phi) is 3.28. The third-order valence-corrected chi connectivity index (χ3v) is 4.04. The molecular formula is C13H19N3O2. The Bertz CT molecular complexity index is 396. The summed E-state index contributed by atoms with van der Waals surface area (Å²) in [5.41, 5.74) is 0.987. The molecular weight excluding hydrogens is 230 g/mol. The zero-order valence-electron chi connectivity index (χ0n) is 10.2. The number of aliphatic hydroxyl groups excluding tert-OH is 2. The molecule has 0 aromatic carbocycles. The highest BCUT2D eigenvalue weighted by atomic mass is 16.3. The molecule has 0 aliphatic heterocycles. The normalized spacial score (nSPS) is 35.9. The van der Waals surface area contributed by atoms with Gasteiger partial charge in [-0.25, -0.2) is 9.97 Å². The van der Waals surface area contributed by atoms with Crippen LogP contribution in [0.25, 0.3) is 0 Å². The summed E-state index contributed by atoms with van der Waals surface area (Å²) in [5, 5.41) is 23.3. The van der Waals surface area contributed by atoms with Gasteiger partial charge in [-0.05, 0) is 37.3 Å². The average Bonchev–Trinajstić information content (AvgIpc) is 3.18. The van der Waals surface area contributed by atoms with Crippen molar-refractivity contribution in [3.05, 3.63) is 24.3 Å². The van der Waals surface area contributed by atoms with E-state index in [9.17, 15) is 10.2 Å². The molecule has 0 saturated heterocycles. The van der Waals surface area contributed by atoms with Crippen LogP contribution in [0.2, 0.25) is 0 Å². The smallest absolute Gasteiger partial charge is 0.115 e. The van der Waals surface area contributed by atoms with Gasteiger partial charge in [0, 0.05) is 24.4 Å². The van der Waals surface area contributed by atoms with E-state index in [1.54, 1.807) is 12.4 Å². The molecule has 0 unspecified atom stereocenters. The quantitative estimate of drug-likeness (QED) is 0.703. The van der Waals surface area contributed by atoms with Gasteiger partial charge in [0.25, 0.3) is 0 Å². The first-order chi connectivity index (χ1) is 8.75. The van der Waals surface area contributed by atoms with Crippen LogP contribution in [0.15, 0.2) is 18.7 Å². The molecule has 4 atom stereocenters. The van der Waals surface area contributed by atoms with E-state index >= 15 is 0 Å². The third kappa shape index (κ3) is 2.39. The molecule has 0 amide bonds. The number of rotatable bonds is 4. The molecule has 2 fully saturated rings. The second-order valence-electron chi connectivity index (χ2n) is 5.45. The molecule has 5 heteroatoms. The van der Waals surface area contributed by atoms with Crippen LogP contribution < -0.4 is 5.32 Å². The predicted octanol–water partition coefficient (Wildman–Crippen LogP) is 0.0539. The molecule has 1 heterocycles. The van der Waals surface area contributed by atoms with Gasteiger partial charge in [-0.1, -0.05) is 0 Å². The van der Waals surface area contributed by atoms with Gasteiger partial charge >= 0.3 is 0 Å². The van der Waals surface area contributed by atoms with Gasteiger partial charge in [-0.2, -0.15) is 0 Å². The number of hydrogen-bond donors (Lipinski definition) is 3. The van der Waals surface area contributed by atoms with Crippen molar-refractivity contribution in [1.29, 1.82) is 0 Å². The average molecular weight is 249 g/mol. The Morgan fingerprint density at radius 1 is 1.22 bits per heavy atom. The summed E-state index contributed by atoms with van der Waals surface area (Å²) in [6.45, 7) is 0.929. The summed E-state index contributed by atoms with van der Waals surface area (Å²) >= 11 is 0. The highest BCUT2D eigenvalue weighted by Crippen LogP contribution is 2.36. The lowest BCUT2D eigenvalue weighted by molar-refractivity contribution is 0.0299. The molecule has 3 rings (SSSR count). The lowest BCUT2D eigenvalue weighted by Gasteiger charge is -2.23. The third-order valence-electron chi connectivity index (χ3n) is 4.04. The van der Waals surface area contributed by atoms with Gasteiger partial charge in [-0.3, -0.25) is 0 Å². The molecule has 3 N–H and O–H groups in total.